The zero-order valence-corrected chi connectivity index (χ0v) is 12.1. The van der Waals surface area contributed by atoms with Gasteiger partial charge in [0.1, 0.15) is 11.6 Å². The van der Waals surface area contributed by atoms with Crippen molar-refractivity contribution in [1.82, 2.24) is 0 Å². The molecule has 0 saturated carbocycles. The molecule has 0 atom stereocenters. The van der Waals surface area contributed by atoms with E-state index in [2.05, 4.69) is 10.1 Å². The van der Waals surface area contributed by atoms with Crippen LogP contribution in [-0.2, 0) is 4.74 Å². The van der Waals surface area contributed by atoms with Crippen LogP contribution >= 0.6 is 0 Å². The van der Waals surface area contributed by atoms with E-state index in [4.69, 9.17) is 4.74 Å². The predicted molar refractivity (Wildman–Crippen MR) is 78.7 cm³/mol. The molecule has 0 fully saturated rings. The van der Waals surface area contributed by atoms with Gasteiger partial charge in [-0.25, -0.2) is 9.18 Å². The van der Waals surface area contributed by atoms with Crippen LogP contribution in [0.5, 0.6) is 5.75 Å². The molecule has 0 heterocycles. The maximum atomic E-state index is 13.3. The molecule has 0 saturated heterocycles. The number of nitrogens with one attached hydrogen (secondary N) is 1. The van der Waals surface area contributed by atoms with Crippen molar-refractivity contribution in [3.8, 4) is 5.75 Å². The van der Waals surface area contributed by atoms with Gasteiger partial charge in [-0.15, -0.1) is 0 Å². The summed E-state index contributed by atoms with van der Waals surface area (Å²) in [4.78, 5) is 23.5. The van der Waals surface area contributed by atoms with Gasteiger partial charge < -0.3 is 14.8 Å². The molecule has 0 bridgehead atoms. The summed E-state index contributed by atoms with van der Waals surface area (Å²) in [6, 6.07) is 9.82. The lowest BCUT2D eigenvalue weighted by atomic mass is 10.1. The van der Waals surface area contributed by atoms with E-state index in [-0.39, 0.29) is 11.3 Å². The summed E-state index contributed by atoms with van der Waals surface area (Å²) < 4.78 is 22.9. The summed E-state index contributed by atoms with van der Waals surface area (Å²) in [5, 5.41) is 2.61. The van der Waals surface area contributed by atoms with Gasteiger partial charge in [0.25, 0.3) is 5.91 Å². The van der Waals surface area contributed by atoms with Gasteiger partial charge in [0.15, 0.2) is 0 Å². The van der Waals surface area contributed by atoms with Crippen molar-refractivity contribution < 1.29 is 23.5 Å². The third kappa shape index (κ3) is 3.41. The molecule has 0 aromatic heterocycles. The van der Waals surface area contributed by atoms with E-state index in [0.29, 0.717) is 11.3 Å². The number of carbonyl (C=O) groups excluding carboxylic acids is 2. The summed E-state index contributed by atoms with van der Waals surface area (Å²) in [6.45, 7) is 0. The zero-order valence-electron chi connectivity index (χ0n) is 12.1. The fourth-order valence-electron chi connectivity index (χ4n) is 1.86. The second-order valence-corrected chi connectivity index (χ2v) is 4.37. The number of benzene rings is 2. The van der Waals surface area contributed by atoms with Crippen molar-refractivity contribution >= 4 is 17.6 Å². The second-order valence-electron chi connectivity index (χ2n) is 4.37. The molecule has 6 heteroatoms. The number of hydrogen-bond acceptors (Lipinski definition) is 4. The quantitative estimate of drug-likeness (QED) is 0.882. The first-order chi connectivity index (χ1) is 10.5. The van der Waals surface area contributed by atoms with Crippen LogP contribution in [0.4, 0.5) is 10.1 Å². The van der Waals surface area contributed by atoms with Crippen LogP contribution in [-0.4, -0.2) is 26.1 Å². The Morgan fingerprint density at radius 3 is 2.32 bits per heavy atom. The largest absolute Gasteiger partial charge is 0.496 e. The highest BCUT2D eigenvalue weighted by molar-refractivity contribution is 6.06. The lowest BCUT2D eigenvalue weighted by Crippen LogP contribution is -2.13. The number of halogens is 1. The van der Waals surface area contributed by atoms with E-state index in [1.54, 1.807) is 12.1 Å². The normalized spacial score (nSPS) is 9.95. The Morgan fingerprint density at radius 2 is 1.73 bits per heavy atom. The molecule has 2 aromatic rings. The number of rotatable bonds is 4. The highest BCUT2D eigenvalue weighted by Gasteiger charge is 2.14. The summed E-state index contributed by atoms with van der Waals surface area (Å²) in [7, 11) is 2.68. The van der Waals surface area contributed by atoms with E-state index in [1.807, 2.05) is 0 Å². The fraction of sp³-hybridized carbons (Fsp3) is 0.125. The first kappa shape index (κ1) is 15.5. The third-order valence-corrected chi connectivity index (χ3v) is 2.97. The summed E-state index contributed by atoms with van der Waals surface area (Å²) in [5.74, 6) is -1.25. The SMILES string of the molecule is COC(=O)c1ccc(NC(=O)c2cc(F)ccc2OC)cc1. The lowest BCUT2D eigenvalue weighted by molar-refractivity contribution is 0.0600. The Morgan fingerprint density at radius 1 is 1.05 bits per heavy atom. The molecule has 0 aliphatic heterocycles. The second kappa shape index (κ2) is 6.71. The number of anilines is 1. The number of ether oxygens (including phenoxy) is 2. The van der Waals surface area contributed by atoms with Gasteiger partial charge in [0.05, 0.1) is 25.3 Å². The number of hydrogen-bond donors (Lipinski definition) is 1. The number of amides is 1. The van der Waals surface area contributed by atoms with Gasteiger partial charge in [0, 0.05) is 5.69 Å². The molecule has 2 aromatic carbocycles. The maximum Gasteiger partial charge on any atom is 0.337 e. The van der Waals surface area contributed by atoms with Gasteiger partial charge in [-0.1, -0.05) is 0 Å². The summed E-state index contributed by atoms with van der Waals surface area (Å²) in [6.07, 6.45) is 0. The Balaban J connectivity index is 2.18. The number of methoxy groups -OCH3 is 2. The molecule has 0 aliphatic carbocycles. The van der Waals surface area contributed by atoms with Crippen LogP contribution in [0.25, 0.3) is 0 Å². The highest BCUT2D eigenvalue weighted by Crippen LogP contribution is 2.21. The van der Waals surface area contributed by atoms with Crippen LogP contribution in [0.2, 0.25) is 0 Å². The molecule has 1 amide bonds. The zero-order chi connectivity index (χ0) is 16.1. The first-order valence-electron chi connectivity index (χ1n) is 6.38. The van der Waals surface area contributed by atoms with Crippen LogP contribution < -0.4 is 10.1 Å². The smallest absolute Gasteiger partial charge is 0.337 e. The molecule has 22 heavy (non-hydrogen) atoms. The molecule has 2 rings (SSSR count). The Kier molecular flexibility index (Phi) is 4.73. The molecule has 5 nitrogen and oxygen atoms in total. The monoisotopic (exact) mass is 303 g/mol. The Bertz CT molecular complexity index is 698. The minimum Gasteiger partial charge on any atom is -0.496 e. The topological polar surface area (TPSA) is 64.6 Å². The van der Waals surface area contributed by atoms with Gasteiger partial charge >= 0.3 is 5.97 Å². The van der Waals surface area contributed by atoms with E-state index in [0.717, 1.165) is 6.07 Å². The van der Waals surface area contributed by atoms with Crippen molar-refractivity contribution in [2.24, 2.45) is 0 Å². The van der Waals surface area contributed by atoms with Crippen molar-refractivity contribution in [3.63, 3.8) is 0 Å². The molecule has 0 radical (unpaired) electrons. The Labute approximate surface area is 126 Å². The van der Waals surface area contributed by atoms with E-state index in [9.17, 15) is 14.0 Å². The number of carbonyl (C=O) groups is 2. The average molecular weight is 303 g/mol. The minimum absolute atomic E-state index is 0.0829. The molecule has 0 aliphatic rings. The highest BCUT2D eigenvalue weighted by atomic mass is 19.1. The van der Waals surface area contributed by atoms with Gasteiger partial charge in [0.2, 0.25) is 0 Å². The van der Waals surface area contributed by atoms with E-state index >= 15 is 0 Å². The van der Waals surface area contributed by atoms with Crippen molar-refractivity contribution in [3.05, 3.63) is 59.4 Å². The fourth-order valence-corrected chi connectivity index (χ4v) is 1.86. The van der Waals surface area contributed by atoms with Crippen LogP contribution in [0.3, 0.4) is 0 Å². The third-order valence-electron chi connectivity index (χ3n) is 2.97. The first-order valence-corrected chi connectivity index (χ1v) is 6.38. The molecular formula is C16H14FNO4. The summed E-state index contributed by atoms with van der Waals surface area (Å²) in [5.41, 5.74) is 0.910. The minimum atomic E-state index is -0.535. The molecule has 0 unspecified atom stereocenters. The van der Waals surface area contributed by atoms with Crippen molar-refractivity contribution in [2.45, 2.75) is 0 Å². The van der Waals surface area contributed by atoms with Gasteiger partial charge in [-0.2, -0.15) is 0 Å². The van der Waals surface area contributed by atoms with Crippen LogP contribution in [0, 0.1) is 5.82 Å². The molecule has 0 spiro atoms. The lowest BCUT2D eigenvalue weighted by Gasteiger charge is -2.09. The van der Waals surface area contributed by atoms with Crippen molar-refractivity contribution in [2.75, 3.05) is 19.5 Å². The molecule has 114 valence electrons. The Hall–Kier alpha value is -2.89. The van der Waals surface area contributed by atoms with Crippen LogP contribution in [0.1, 0.15) is 20.7 Å². The van der Waals surface area contributed by atoms with Crippen LogP contribution in [0.15, 0.2) is 42.5 Å². The average Bonchev–Trinajstić information content (AvgIpc) is 2.54. The molecule has 1 N–H and O–H groups in total. The summed E-state index contributed by atoms with van der Waals surface area (Å²) >= 11 is 0. The van der Waals surface area contributed by atoms with Gasteiger partial charge in [-0.05, 0) is 42.5 Å². The maximum absolute atomic E-state index is 13.3. The van der Waals surface area contributed by atoms with Gasteiger partial charge in [-0.3, -0.25) is 4.79 Å². The number of esters is 1. The van der Waals surface area contributed by atoms with Crippen molar-refractivity contribution in [1.29, 1.82) is 0 Å². The standard InChI is InChI=1S/C16H14FNO4/c1-21-14-8-5-11(17)9-13(14)15(19)18-12-6-3-10(4-7-12)16(20)22-2/h3-9H,1-2H3,(H,18,19). The van der Waals surface area contributed by atoms with E-state index in [1.165, 1.54) is 38.5 Å². The van der Waals surface area contributed by atoms with E-state index < -0.39 is 17.7 Å². The predicted octanol–water partition coefficient (Wildman–Crippen LogP) is 2.87. The molecular weight excluding hydrogens is 289 g/mol.